The number of nitrogens with zero attached hydrogens (tertiary/aromatic N) is 1. The Morgan fingerprint density at radius 2 is 1.69 bits per heavy atom. The Balaban J connectivity index is 1.58. The number of carbonyl (C=O) groups is 1. The molecule has 2 aromatic carbocycles. The molecule has 6 heteroatoms. The smallest absolute Gasteiger partial charge is 0.277 e. The molecule has 0 aliphatic heterocycles. The van der Waals surface area contributed by atoms with E-state index >= 15 is 0 Å². The number of ether oxygens (including phenoxy) is 3. The normalized spacial score (nSPS) is 14.5. The van der Waals surface area contributed by atoms with Crippen LogP contribution in [-0.2, 0) is 11.2 Å². The number of fused-ring (bicyclic) bond motifs is 1. The summed E-state index contributed by atoms with van der Waals surface area (Å²) in [6, 6.07) is 13.0. The Morgan fingerprint density at radius 1 is 1.00 bits per heavy atom. The molecule has 0 radical (unpaired) electrons. The van der Waals surface area contributed by atoms with Crippen LogP contribution in [0.5, 0.6) is 17.2 Å². The molecule has 1 amide bonds. The van der Waals surface area contributed by atoms with Crippen molar-refractivity contribution in [1.82, 2.24) is 5.43 Å². The predicted molar refractivity (Wildman–Crippen MR) is 99.1 cm³/mol. The molecule has 6 nitrogen and oxygen atoms in total. The summed E-state index contributed by atoms with van der Waals surface area (Å²) < 4.78 is 15.8. The third kappa shape index (κ3) is 4.33. The molecule has 0 saturated heterocycles. The predicted octanol–water partition coefficient (Wildman–Crippen LogP) is 2.94. The van der Waals surface area contributed by atoms with Gasteiger partial charge in [0.1, 0.15) is 17.2 Å². The van der Waals surface area contributed by atoms with Crippen LogP contribution in [-0.4, -0.2) is 32.4 Å². The van der Waals surface area contributed by atoms with Crippen LogP contribution >= 0.6 is 0 Å². The van der Waals surface area contributed by atoms with Gasteiger partial charge in [-0.05, 0) is 67.3 Å². The van der Waals surface area contributed by atoms with Crippen molar-refractivity contribution in [2.45, 2.75) is 19.3 Å². The van der Waals surface area contributed by atoms with E-state index in [2.05, 4.69) is 10.5 Å². The summed E-state index contributed by atoms with van der Waals surface area (Å²) in [7, 11) is 3.25. The lowest BCUT2D eigenvalue weighted by atomic mass is 9.90. The van der Waals surface area contributed by atoms with Gasteiger partial charge in [-0.1, -0.05) is 0 Å². The molecule has 0 aromatic heterocycles. The molecule has 26 heavy (non-hydrogen) atoms. The average Bonchev–Trinajstić information content (AvgIpc) is 2.70. The number of aryl methyl sites for hydroxylation is 1. The first-order valence-electron chi connectivity index (χ1n) is 8.49. The molecule has 0 saturated carbocycles. The summed E-state index contributed by atoms with van der Waals surface area (Å²) in [5, 5.41) is 4.30. The number of amides is 1. The van der Waals surface area contributed by atoms with Crippen molar-refractivity contribution in [3.63, 3.8) is 0 Å². The molecule has 0 heterocycles. The van der Waals surface area contributed by atoms with Crippen LogP contribution in [0.15, 0.2) is 47.6 Å². The first kappa shape index (κ1) is 17.8. The summed E-state index contributed by atoms with van der Waals surface area (Å²) >= 11 is 0. The van der Waals surface area contributed by atoms with Crippen molar-refractivity contribution in [2.24, 2.45) is 5.10 Å². The Morgan fingerprint density at radius 3 is 2.42 bits per heavy atom. The topological polar surface area (TPSA) is 69.2 Å². The van der Waals surface area contributed by atoms with Gasteiger partial charge in [0.05, 0.1) is 19.9 Å². The standard InChI is InChI=1S/C20H22N2O4/c1-24-15-6-8-16(9-7-15)26-13-20(23)22-21-19-5-3-4-14-12-17(25-2)10-11-18(14)19/h6-12H,3-5,13H2,1-2H3,(H,22,23)/b21-19-. The van der Waals surface area contributed by atoms with E-state index in [4.69, 9.17) is 14.2 Å². The monoisotopic (exact) mass is 354 g/mol. The second-order valence-electron chi connectivity index (χ2n) is 5.93. The molecule has 0 unspecified atom stereocenters. The SMILES string of the molecule is COc1ccc(OCC(=O)N/N=C2/CCCc3cc(OC)ccc32)cc1. The highest BCUT2D eigenvalue weighted by Crippen LogP contribution is 2.25. The first-order valence-corrected chi connectivity index (χ1v) is 8.49. The van der Waals surface area contributed by atoms with Crippen LogP contribution in [0.1, 0.15) is 24.0 Å². The van der Waals surface area contributed by atoms with Crippen LogP contribution in [0.25, 0.3) is 0 Å². The van der Waals surface area contributed by atoms with Crippen molar-refractivity contribution < 1.29 is 19.0 Å². The van der Waals surface area contributed by atoms with Crippen molar-refractivity contribution in [2.75, 3.05) is 20.8 Å². The quantitative estimate of drug-likeness (QED) is 0.810. The van der Waals surface area contributed by atoms with Gasteiger partial charge in [0, 0.05) is 5.56 Å². The van der Waals surface area contributed by atoms with E-state index in [1.165, 1.54) is 5.56 Å². The van der Waals surface area contributed by atoms with Gasteiger partial charge in [-0.15, -0.1) is 0 Å². The van der Waals surface area contributed by atoms with E-state index in [1.807, 2.05) is 18.2 Å². The average molecular weight is 354 g/mol. The van der Waals surface area contributed by atoms with E-state index in [0.29, 0.717) is 5.75 Å². The lowest BCUT2D eigenvalue weighted by Crippen LogP contribution is -2.27. The number of hydrogen-bond acceptors (Lipinski definition) is 5. The molecular weight excluding hydrogens is 332 g/mol. The summed E-state index contributed by atoms with van der Waals surface area (Å²) in [6.07, 6.45) is 2.82. The van der Waals surface area contributed by atoms with Crippen molar-refractivity contribution in [1.29, 1.82) is 0 Å². The van der Waals surface area contributed by atoms with Gasteiger partial charge in [-0.3, -0.25) is 4.79 Å². The molecule has 1 N–H and O–H groups in total. The van der Waals surface area contributed by atoms with Crippen LogP contribution in [0.3, 0.4) is 0 Å². The molecular formula is C20H22N2O4. The number of hydrogen-bond donors (Lipinski definition) is 1. The Kier molecular flexibility index (Phi) is 5.73. The third-order valence-electron chi connectivity index (χ3n) is 4.23. The van der Waals surface area contributed by atoms with Crippen molar-refractivity contribution in [3.05, 3.63) is 53.6 Å². The number of carbonyl (C=O) groups excluding carboxylic acids is 1. The van der Waals surface area contributed by atoms with E-state index in [9.17, 15) is 4.79 Å². The number of nitrogens with one attached hydrogen (secondary N) is 1. The minimum Gasteiger partial charge on any atom is -0.497 e. The molecule has 3 rings (SSSR count). The molecule has 1 aliphatic rings. The van der Waals surface area contributed by atoms with Crippen LogP contribution < -0.4 is 19.6 Å². The third-order valence-corrected chi connectivity index (χ3v) is 4.23. The van der Waals surface area contributed by atoms with E-state index in [1.54, 1.807) is 38.5 Å². The Labute approximate surface area is 152 Å². The molecule has 1 aliphatic carbocycles. The second-order valence-corrected chi connectivity index (χ2v) is 5.93. The molecule has 0 fully saturated rings. The van der Waals surface area contributed by atoms with Gasteiger partial charge in [-0.2, -0.15) is 5.10 Å². The van der Waals surface area contributed by atoms with Crippen LogP contribution in [0, 0.1) is 0 Å². The number of hydrazone groups is 1. The van der Waals surface area contributed by atoms with Crippen LogP contribution in [0.2, 0.25) is 0 Å². The molecule has 0 atom stereocenters. The van der Waals surface area contributed by atoms with Gasteiger partial charge in [-0.25, -0.2) is 5.43 Å². The van der Waals surface area contributed by atoms with E-state index in [-0.39, 0.29) is 12.5 Å². The molecule has 0 bridgehead atoms. The fourth-order valence-electron chi connectivity index (χ4n) is 2.87. The van der Waals surface area contributed by atoms with Gasteiger partial charge < -0.3 is 14.2 Å². The van der Waals surface area contributed by atoms with Gasteiger partial charge in [0.25, 0.3) is 5.91 Å². The lowest BCUT2D eigenvalue weighted by Gasteiger charge is -2.18. The summed E-state index contributed by atoms with van der Waals surface area (Å²) in [5.41, 5.74) is 5.72. The maximum absolute atomic E-state index is 12.0. The molecule has 136 valence electrons. The zero-order valence-corrected chi connectivity index (χ0v) is 15.0. The highest BCUT2D eigenvalue weighted by Gasteiger charge is 2.16. The minimum atomic E-state index is -0.297. The van der Waals surface area contributed by atoms with Crippen molar-refractivity contribution >= 4 is 11.6 Å². The largest absolute Gasteiger partial charge is 0.497 e. The minimum absolute atomic E-state index is 0.0986. The van der Waals surface area contributed by atoms with Gasteiger partial charge >= 0.3 is 0 Å². The zero-order chi connectivity index (χ0) is 18.4. The first-order chi connectivity index (χ1) is 12.7. The fraction of sp³-hybridized carbons (Fsp3) is 0.300. The van der Waals surface area contributed by atoms with E-state index in [0.717, 1.165) is 42.0 Å². The number of benzene rings is 2. The highest BCUT2D eigenvalue weighted by atomic mass is 16.5. The molecule has 0 spiro atoms. The van der Waals surface area contributed by atoms with Crippen molar-refractivity contribution in [3.8, 4) is 17.2 Å². The van der Waals surface area contributed by atoms with E-state index < -0.39 is 0 Å². The summed E-state index contributed by atoms with van der Waals surface area (Å²) in [4.78, 5) is 12.0. The summed E-state index contributed by atoms with van der Waals surface area (Å²) in [5.74, 6) is 1.88. The van der Waals surface area contributed by atoms with Crippen LogP contribution in [0.4, 0.5) is 0 Å². The zero-order valence-electron chi connectivity index (χ0n) is 15.0. The Bertz CT molecular complexity index is 800. The number of methoxy groups -OCH3 is 2. The molecule has 2 aromatic rings. The fourth-order valence-corrected chi connectivity index (χ4v) is 2.87. The summed E-state index contributed by atoms with van der Waals surface area (Å²) in [6.45, 7) is -0.0986. The van der Waals surface area contributed by atoms with Gasteiger partial charge in [0.15, 0.2) is 6.61 Å². The maximum atomic E-state index is 12.0. The number of rotatable bonds is 6. The Hall–Kier alpha value is -3.02. The maximum Gasteiger partial charge on any atom is 0.277 e. The second kappa shape index (κ2) is 8.38. The van der Waals surface area contributed by atoms with Gasteiger partial charge in [0.2, 0.25) is 0 Å². The lowest BCUT2D eigenvalue weighted by molar-refractivity contribution is -0.123. The highest BCUT2D eigenvalue weighted by molar-refractivity contribution is 6.03.